The molecule has 0 N–H and O–H groups in total. The van der Waals surface area contributed by atoms with Crippen LogP contribution in [-0.2, 0) is 9.53 Å². The number of anilines is 1. The van der Waals surface area contributed by atoms with Gasteiger partial charge in [-0.1, -0.05) is 0 Å². The zero-order valence-electron chi connectivity index (χ0n) is 11.3. The minimum atomic E-state index is -0.774. The van der Waals surface area contributed by atoms with Crippen molar-refractivity contribution in [2.24, 2.45) is 5.92 Å². The molecule has 1 unspecified atom stereocenters. The Bertz CT molecular complexity index is 618. The molecule has 0 bridgehead atoms. The van der Waals surface area contributed by atoms with E-state index in [1.54, 1.807) is 6.92 Å². The molecule has 0 spiro atoms. The predicted molar refractivity (Wildman–Crippen MR) is 71.8 cm³/mol. The molecular weight excluding hydrogens is 261 g/mol. The molecule has 1 heterocycles. The second kappa shape index (κ2) is 5.33. The molecule has 5 heteroatoms. The number of methoxy groups -OCH3 is 1. The van der Waals surface area contributed by atoms with E-state index in [0.717, 1.165) is 0 Å². The maximum Gasteiger partial charge on any atom is 0.340 e. The second-order valence-corrected chi connectivity index (χ2v) is 4.68. The molecule has 0 aliphatic carbocycles. The summed E-state index contributed by atoms with van der Waals surface area (Å²) in [7, 11) is 1.18. The van der Waals surface area contributed by atoms with Crippen LogP contribution in [0.5, 0.6) is 0 Å². The quantitative estimate of drug-likeness (QED) is 0.612. The van der Waals surface area contributed by atoms with Crippen molar-refractivity contribution in [1.29, 1.82) is 0 Å². The van der Waals surface area contributed by atoms with E-state index >= 15 is 0 Å². The van der Waals surface area contributed by atoms with E-state index in [2.05, 4.69) is 10.7 Å². The lowest BCUT2D eigenvalue weighted by Gasteiger charge is -2.19. The molecule has 1 aliphatic heterocycles. The Morgan fingerprint density at radius 1 is 1.55 bits per heavy atom. The molecule has 2 rings (SSSR count). The topological polar surface area (TPSA) is 46.6 Å². The van der Waals surface area contributed by atoms with Gasteiger partial charge in [-0.05, 0) is 24.6 Å². The number of ether oxygens (including phenoxy) is 1. The summed E-state index contributed by atoms with van der Waals surface area (Å²) in [5.74, 6) is 0.818. The molecule has 104 valence electrons. The molecule has 1 aliphatic rings. The minimum absolute atomic E-state index is 0.126. The van der Waals surface area contributed by atoms with E-state index in [-0.39, 0.29) is 23.8 Å². The molecule has 4 nitrogen and oxygen atoms in total. The van der Waals surface area contributed by atoms with Crippen molar-refractivity contribution < 1.29 is 18.7 Å². The van der Waals surface area contributed by atoms with Gasteiger partial charge in [0.25, 0.3) is 0 Å². The summed E-state index contributed by atoms with van der Waals surface area (Å²) in [5, 5.41) is 0. The largest absolute Gasteiger partial charge is 0.465 e. The lowest BCUT2D eigenvalue weighted by molar-refractivity contribution is -0.117. The zero-order chi connectivity index (χ0) is 14.9. The highest BCUT2D eigenvalue weighted by atomic mass is 19.1. The van der Waals surface area contributed by atoms with E-state index in [1.165, 1.54) is 24.1 Å². The standard InChI is InChI=1S/C15H14FNO3/c1-4-10-6-14(18)17(8-10)13-7-11(15(19)20-3)12(16)5-9(13)2/h1,5,7,10H,6,8H2,2-3H3. The van der Waals surface area contributed by atoms with Gasteiger partial charge in [0.2, 0.25) is 5.91 Å². The van der Waals surface area contributed by atoms with Gasteiger partial charge in [-0.25, -0.2) is 9.18 Å². The van der Waals surface area contributed by atoms with E-state index in [9.17, 15) is 14.0 Å². The maximum atomic E-state index is 13.8. The highest BCUT2D eigenvalue weighted by molar-refractivity contribution is 5.99. The van der Waals surface area contributed by atoms with E-state index < -0.39 is 11.8 Å². The number of amides is 1. The molecule has 1 fully saturated rings. The first-order valence-corrected chi connectivity index (χ1v) is 6.13. The fourth-order valence-electron chi connectivity index (χ4n) is 2.27. The third-order valence-corrected chi connectivity index (χ3v) is 3.34. The summed E-state index contributed by atoms with van der Waals surface area (Å²) < 4.78 is 18.3. The summed E-state index contributed by atoms with van der Waals surface area (Å²) in [6.07, 6.45) is 5.60. The highest BCUT2D eigenvalue weighted by Gasteiger charge is 2.31. The van der Waals surface area contributed by atoms with Crippen molar-refractivity contribution in [3.8, 4) is 12.3 Å². The van der Waals surface area contributed by atoms with Crippen LogP contribution in [0, 0.1) is 31.0 Å². The predicted octanol–water partition coefficient (Wildman–Crippen LogP) is 1.91. The van der Waals surface area contributed by atoms with Gasteiger partial charge in [0, 0.05) is 24.6 Å². The van der Waals surface area contributed by atoms with Gasteiger partial charge in [-0.2, -0.15) is 0 Å². The lowest BCUT2D eigenvalue weighted by Crippen LogP contribution is -2.26. The third kappa shape index (κ3) is 2.37. The first-order chi connectivity index (χ1) is 9.47. The van der Waals surface area contributed by atoms with Gasteiger partial charge in [0.15, 0.2) is 0 Å². The second-order valence-electron chi connectivity index (χ2n) is 4.68. The van der Waals surface area contributed by atoms with Crippen molar-refractivity contribution in [3.05, 3.63) is 29.1 Å². The zero-order valence-corrected chi connectivity index (χ0v) is 11.3. The number of hydrogen-bond donors (Lipinski definition) is 0. The van der Waals surface area contributed by atoms with Crippen LogP contribution in [0.1, 0.15) is 22.3 Å². The van der Waals surface area contributed by atoms with Crippen molar-refractivity contribution in [2.45, 2.75) is 13.3 Å². The number of hydrogen-bond acceptors (Lipinski definition) is 3. The molecule has 1 atom stereocenters. The Kier molecular flexibility index (Phi) is 3.75. The van der Waals surface area contributed by atoms with Crippen molar-refractivity contribution in [1.82, 2.24) is 0 Å². The molecule has 1 aromatic rings. The fraction of sp³-hybridized carbons (Fsp3) is 0.333. The average molecular weight is 275 g/mol. The number of terminal acetylenes is 1. The number of aryl methyl sites for hydroxylation is 1. The summed E-state index contributed by atoms with van der Waals surface area (Å²) >= 11 is 0. The molecule has 1 aromatic carbocycles. The molecular formula is C15H14FNO3. The summed E-state index contributed by atoms with van der Waals surface area (Å²) in [5.41, 5.74) is 0.876. The first kappa shape index (κ1) is 14.1. The van der Waals surface area contributed by atoms with Crippen LogP contribution in [0.25, 0.3) is 0 Å². The minimum Gasteiger partial charge on any atom is -0.465 e. The van der Waals surface area contributed by atoms with Crippen LogP contribution in [0.3, 0.4) is 0 Å². The van der Waals surface area contributed by atoms with Crippen molar-refractivity contribution in [2.75, 3.05) is 18.6 Å². The maximum absolute atomic E-state index is 13.8. The molecule has 0 saturated carbocycles. The number of rotatable bonds is 2. The van der Waals surface area contributed by atoms with Crippen LogP contribution in [0.15, 0.2) is 12.1 Å². The van der Waals surface area contributed by atoms with E-state index in [0.29, 0.717) is 17.8 Å². The first-order valence-electron chi connectivity index (χ1n) is 6.13. The smallest absolute Gasteiger partial charge is 0.340 e. The molecule has 0 radical (unpaired) electrons. The number of halogens is 1. The number of esters is 1. The van der Waals surface area contributed by atoms with Crippen molar-refractivity contribution >= 4 is 17.6 Å². The van der Waals surface area contributed by atoms with Gasteiger partial charge < -0.3 is 9.64 Å². The Labute approximate surface area is 116 Å². The van der Waals surface area contributed by atoms with Gasteiger partial charge in [-0.15, -0.1) is 12.3 Å². The van der Waals surface area contributed by atoms with Gasteiger partial charge >= 0.3 is 5.97 Å². The SMILES string of the molecule is C#CC1CC(=O)N(c2cc(C(=O)OC)c(F)cc2C)C1. The van der Waals surface area contributed by atoms with Crippen LogP contribution >= 0.6 is 0 Å². The number of nitrogens with zero attached hydrogens (tertiary/aromatic N) is 1. The van der Waals surface area contributed by atoms with E-state index in [1.807, 2.05) is 0 Å². The van der Waals surface area contributed by atoms with Crippen LogP contribution in [0.4, 0.5) is 10.1 Å². The molecule has 0 aromatic heterocycles. The third-order valence-electron chi connectivity index (χ3n) is 3.34. The average Bonchev–Trinajstić information content (AvgIpc) is 2.79. The number of benzene rings is 1. The summed E-state index contributed by atoms with van der Waals surface area (Å²) in [6, 6.07) is 2.56. The molecule has 1 saturated heterocycles. The normalized spacial score (nSPS) is 18.0. The Morgan fingerprint density at radius 2 is 2.25 bits per heavy atom. The fourth-order valence-corrected chi connectivity index (χ4v) is 2.27. The molecule has 1 amide bonds. The van der Waals surface area contributed by atoms with E-state index in [4.69, 9.17) is 6.42 Å². The Balaban J connectivity index is 2.45. The van der Waals surface area contributed by atoms with Crippen molar-refractivity contribution in [3.63, 3.8) is 0 Å². The van der Waals surface area contributed by atoms with Gasteiger partial charge in [0.1, 0.15) is 5.82 Å². The van der Waals surface area contributed by atoms with Gasteiger partial charge in [0.05, 0.1) is 12.7 Å². The lowest BCUT2D eigenvalue weighted by atomic mass is 10.1. The van der Waals surface area contributed by atoms with Crippen LogP contribution in [0.2, 0.25) is 0 Å². The Hall–Kier alpha value is -2.35. The Morgan fingerprint density at radius 3 is 2.80 bits per heavy atom. The number of carbonyl (C=O) groups is 2. The highest BCUT2D eigenvalue weighted by Crippen LogP contribution is 2.30. The number of carbonyl (C=O) groups excluding carboxylic acids is 2. The van der Waals surface area contributed by atoms with Crippen LogP contribution in [-0.4, -0.2) is 25.5 Å². The van der Waals surface area contributed by atoms with Gasteiger partial charge in [-0.3, -0.25) is 4.79 Å². The summed E-state index contributed by atoms with van der Waals surface area (Å²) in [4.78, 5) is 25.0. The molecule has 20 heavy (non-hydrogen) atoms. The monoisotopic (exact) mass is 275 g/mol. The van der Waals surface area contributed by atoms with Crippen LogP contribution < -0.4 is 4.90 Å². The summed E-state index contributed by atoms with van der Waals surface area (Å²) in [6.45, 7) is 2.05.